The molecule has 0 atom stereocenters. The Morgan fingerprint density at radius 3 is 2.90 bits per heavy atom. The predicted octanol–water partition coefficient (Wildman–Crippen LogP) is 3.32. The number of rotatable bonds is 4. The topological polar surface area (TPSA) is 44.8 Å². The third-order valence-corrected chi connectivity index (χ3v) is 3.20. The van der Waals surface area contributed by atoms with Gasteiger partial charge in [-0.2, -0.15) is 0 Å². The van der Waals surface area contributed by atoms with E-state index in [0.29, 0.717) is 22.8 Å². The molecule has 0 aromatic heterocycles. The molecule has 0 aliphatic carbocycles. The van der Waals surface area contributed by atoms with Gasteiger partial charge in [-0.15, -0.1) is 0 Å². The molecule has 2 aromatic rings. The Kier molecular flexibility index (Phi) is 3.60. The van der Waals surface area contributed by atoms with Gasteiger partial charge in [0.15, 0.2) is 17.3 Å². The summed E-state index contributed by atoms with van der Waals surface area (Å²) in [5.74, 6) is 1.94. The van der Waals surface area contributed by atoms with Crippen LogP contribution < -0.4 is 14.2 Å². The molecule has 0 saturated heterocycles. The highest BCUT2D eigenvalue weighted by molar-refractivity contribution is 6.07. The fraction of sp³-hybridized carbons (Fsp3) is 0.118. The van der Waals surface area contributed by atoms with E-state index in [4.69, 9.17) is 14.2 Å². The highest BCUT2D eigenvalue weighted by Gasteiger charge is 2.15. The van der Waals surface area contributed by atoms with Crippen molar-refractivity contribution in [3.63, 3.8) is 0 Å². The molecule has 1 heterocycles. The van der Waals surface area contributed by atoms with Gasteiger partial charge in [-0.25, -0.2) is 0 Å². The van der Waals surface area contributed by atoms with Crippen molar-refractivity contribution in [1.82, 2.24) is 0 Å². The van der Waals surface area contributed by atoms with Gasteiger partial charge >= 0.3 is 0 Å². The summed E-state index contributed by atoms with van der Waals surface area (Å²) in [6, 6.07) is 12.6. The molecule has 2 aromatic carbocycles. The molecule has 0 N–H and O–H groups in total. The van der Waals surface area contributed by atoms with E-state index in [0.717, 1.165) is 5.56 Å². The number of carbonyl (C=O) groups excluding carboxylic acids is 1. The molecule has 0 bridgehead atoms. The van der Waals surface area contributed by atoms with E-state index in [2.05, 4.69) is 0 Å². The van der Waals surface area contributed by atoms with Crippen LogP contribution in [-0.2, 0) is 0 Å². The molecule has 0 saturated carbocycles. The Hall–Kier alpha value is -2.75. The zero-order valence-electron chi connectivity index (χ0n) is 11.5. The number of ketones is 1. The van der Waals surface area contributed by atoms with Crippen LogP contribution in [-0.4, -0.2) is 19.7 Å². The van der Waals surface area contributed by atoms with Gasteiger partial charge in [0.1, 0.15) is 5.75 Å². The largest absolute Gasteiger partial charge is 0.497 e. The van der Waals surface area contributed by atoms with E-state index >= 15 is 0 Å². The van der Waals surface area contributed by atoms with Gasteiger partial charge in [0, 0.05) is 11.1 Å². The van der Waals surface area contributed by atoms with Crippen molar-refractivity contribution >= 4 is 11.9 Å². The summed E-state index contributed by atoms with van der Waals surface area (Å²) in [5.41, 5.74) is 1.40. The van der Waals surface area contributed by atoms with Crippen LogP contribution >= 0.6 is 0 Å². The highest BCUT2D eigenvalue weighted by Crippen LogP contribution is 2.35. The number of hydrogen-bond donors (Lipinski definition) is 0. The van der Waals surface area contributed by atoms with Gasteiger partial charge in [-0.3, -0.25) is 4.79 Å². The first-order valence-corrected chi connectivity index (χ1v) is 6.53. The number of para-hydroxylation sites is 1. The smallest absolute Gasteiger partial charge is 0.231 e. The maximum atomic E-state index is 12.2. The lowest BCUT2D eigenvalue weighted by Gasteiger charge is -2.02. The minimum atomic E-state index is -0.0922. The molecule has 1 aliphatic rings. The molecule has 0 unspecified atom stereocenters. The lowest BCUT2D eigenvalue weighted by molar-refractivity contribution is 0.104. The van der Waals surface area contributed by atoms with Crippen LogP contribution in [0.3, 0.4) is 0 Å². The van der Waals surface area contributed by atoms with E-state index in [9.17, 15) is 4.79 Å². The van der Waals surface area contributed by atoms with Crippen molar-refractivity contribution in [3.8, 4) is 17.2 Å². The lowest BCUT2D eigenvalue weighted by atomic mass is 10.1. The van der Waals surface area contributed by atoms with Crippen LogP contribution in [0.5, 0.6) is 17.2 Å². The highest BCUT2D eigenvalue weighted by atomic mass is 16.7. The minimum absolute atomic E-state index is 0.0922. The Morgan fingerprint density at radius 2 is 2.05 bits per heavy atom. The summed E-state index contributed by atoms with van der Waals surface area (Å²) in [7, 11) is 1.57. The van der Waals surface area contributed by atoms with Crippen molar-refractivity contribution in [1.29, 1.82) is 0 Å². The van der Waals surface area contributed by atoms with E-state index in [-0.39, 0.29) is 12.6 Å². The first-order valence-electron chi connectivity index (χ1n) is 6.53. The average Bonchev–Trinajstić information content (AvgIpc) is 3.01. The second kappa shape index (κ2) is 5.71. The van der Waals surface area contributed by atoms with E-state index in [1.54, 1.807) is 37.5 Å². The zero-order valence-corrected chi connectivity index (χ0v) is 11.5. The normalized spacial score (nSPS) is 12.6. The average molecular weight is 282 g/mol. The van der Waals surface area contributed by atoms with Gasteiger partial charge in [0.25, 0.3) is 0 Å². The van der Waals surface area contributed by atoms with Crippen molar-refractivity contribution in [2.24, 2.45) is 0 Å². The van der Waals surface area contributed by atoms with Gasteiger partial charge in [0.2, 0.25) is 6.79 Å². The zero-order chi connectivity index (χ0) is 14.7. The monoisotopic (exact) mass is 282 g/mol. The molecule has 0 spiro atoms. The van der Waals surface area contributed by atoms with Gasteiger partial charge < -0.3 is 14.2 Å². The second-order valence-electron chi connectivity index (χ2n) is 4.51. The Bertz CT molecular complexity index is 704. The fourth-order valence-electron chi connectivity index (χ4n) is 2.12. The Morgan fingerprint density at radius 1 is 1.19 bits per heavy atom. The van der Waals surface area contributed by atoms with Crippen LogP contribution in [0.4, 0.5) is 0 Å². The molecule has 21 heavy (non-hydrogen) atoms. The molecule has 0 fully saturated rings. The van der Waals surface area contributed by atoms with E-state index in [1.807, 2.05) is 18.2 Å². The Labute approximate surface area is 122 Å². The summed E-state index contributed by atoms with van der Waals surface area (Å²) in [6.45, 7) is 0.212. The van der Waals surface area contributed by atoms with Crippen LogP contribution in [0.15, 0.2) is 48.5 Å². The number of benzene rings is 2. The number of hydrogen-bond acceptors (Lipinski definition) is 4. The maximum absolute atomic E-state index is 12.2. The fourth-order valence-corrected chi connectivity index (χ4v) is 2.12. The molecule has 4 nitrogen and oxygen atoms in total. The van der Waals surface area contributed by atoms with Gasteiger partial charge in [0.05, 0.1) is 7.11 Å². The van der Waals surface area contributed by atoms with Crippen molar-refractivity contribution < 1.29 is 19.0 Å². The third kappa shape index (κ3) is 2.74. The lowest BCUT2D eigenvalue weighted by Crippen LogP contribution is -1.95. The van der Waals surface area contributed by atoms with Crippen LogP contribution in [0.1, 0.15) is 15.9 Å². The van der Waals surface area contributed by atoms with Crippen LogP contribution in [0.2, 0.25) is 0 Å². The van der Waals surface area contributed by atoms with Crippen LogP contribution in [0, 0.1) is 0 Å². The predicted molar refractivity (Wildman–Crippen MR) is 78.9 cm³/mol. The molecule has 1 aliphatic heterocycles. The first kappa shape index (κ1) is 13.2. The number of methoxy groups -OCH3 is 1. The molecule has 3 rings (SSSR count). The van der Waals surface area contributed by atoms with Crippen LogP contribution in [0.25, 0.3) is 6.08 Å². The second-order valence-corrected chi connectivity index (χ2v) is 4.51. The molecule has 0 radical (unpaired) electrons. The summed E-state index contributed by atoms with van der Waals surface area (Å²) < 4.78 is 15.8. The van der Waals surface area contributed by atoms with E-state index in [1.165, 1.54) is 6.08 Å². The van der Waals surface area contributed by atoms with Gasteiger partial charge in [-0.05, 0) is 30.4 Å². The van der Waals surface area contributed by atoms with Gasteiger partial charge in [-0.1, -0.05) is 24.3 Å². The number of carbonyl (C=O) groups is 1. The first-order chi connectivity index (χ1) is 10.3. The van der Waals surface area contributed by atoms with E-state index < -0.39 is 0 Å². The van der Waals surface area contributed by atoms with Crippen molar-refractivity contribution in [2.45, 2.75) is 0 Å². The summed E-state index contributed by atoms with van der Waals surface area (Å²) in [6.07, 6.45) is 3.25. The summed E-state index contributed by atoms with van der Waals surface area (Å²) in [4.78, 5) is 12.2. The number of allylic oxidation sites excluding steroid dienone is 1. The number of fused-ring (bicyclic) bond motifs is 1. The third-order valence-electron chi connectivity index (χ3n) is 3.20. The number of ether oxygens (including phenoxy) is 3. The molecule has 0 amide bonds. The standard InChI is InChI=1S/C17H14O4/c1-19-14-6-2-5-13(10-14)15(18)9-8-12-4-3-7-16-17(12)21-11-20-16/h2-10H,11H2,1H3/b9-8+. The maximum Gasteiger partial charge on any atom is 0.231 e. The quantitative estimate of drug-likeness (QED) is 0.637. The SMILES string of the molecule is COc1cccc(C(=O)/C=C/c2cccc3c2OCO3)c1. The van der Waals surface area contributed by atoms with Crippen molar-refractivity contribution in [2.75, 3.05) is 13.9 Å². The molecular formula is C17H14O4. The van der Waals surface area contributed by atoms with Crippen molar-refractivity contribution in [3.05, 3.63) is 59.7 Å². The molecule has 4 heteroatoms. The molecule has 106 valence electrons. The molecular weight excluding hydrogens is 268 g/mol. The summed E-state index contributed by atoms with van der Waals surface area (Å²) in [5, 5.41) is 0. The minimum Gasteiger partial charge on any atom is -0.497 e. The Balaban J connectivity index is 1.83. The summed E-state index contributed by atoms with van der Waals surface area (Å²) >= 11 is 0.